The summed E-state index contributed by atoms with van der Waals surface area (Å²) < 4.78 is 11.0. The fraction of sp³-hybridized carbons (Fsp3) is 0.421. The Labute approximate surface area is 158 Å². The smallest absolute Gasteiger partial charge is 0.176 e. The van der Waals surface area contributed by atoms with E-state index in [0.29, 0.717) is 24.7 Å². The molecule has 7 heteroatoms. The number of ether oxygens (including phenoxy) is 2. The molecule has 0 bridgehead atoms. The van der Waals surface area contributed by atoms with Crippen molar-refractivity contribution >= 4 is 23.2 Å². The highest BCUT2D eigenvalue weighted by atomic mass is 35.5. The molecule has 0 radical (unpaired) electrons. The van der Waals surface area contributed by atoms with E-state index in [-0.39, 0.29) is 18.8 Å². The number of aryl methyl sites for hydroxylation is 2. The lowest BCUT2D eigenvalue weighted by atomic mass is 10.1. The maximum absolute atomic E-state index is 12.3. The number of carbonyl (C=O) groups is 1. The highest BCUT2D eigenvalue weighted by molar-refractivity contribution is 6.32. The molecule has 138 valence electrons. The van der Waals surface area contributed by atoms with E-state index in [2.05, 4.69) is 14.9 Å². The quantitative estimate of drug-likeness (QED) is 0.773. The lowest BCUT2D eigenvalue weighted by Crippen LogP contribution is -2.36. The fourth-order valence-electron chi connectivity index (χ4n) is 2.85. The van der Waals surface area contributed by atoms with Crippen molar-refractivity contribution in [1.82, 2.24) is 9.97 Å². The van der Waals surface area contributed by atoms with E-state index in [1.54, 1.807) is 0 Å². The van der Waals surface area contributed by atoms with Crippen LogP contribution in [0.5, 0.6) is 5.75 Å². The molecule has 0 N–H and O–H groups in total. The van der Waals surface area contributed by atoms with Crippen LogP contribution in [0.3, 0.4) is 0 Å². The molecule has 0 unspecified atom stereocenters. The van der Waals surface area contributed by atoms with Crippen molar-refractivity contribution in [1.29, 1.82) is 0 Å². The Balaban J connectivity index is 1.58. The zero-order valence-electron chi connectivity index (χ0n) is 15.0. The zero-order valence-corrected chi connectivity index (χ0v) is 15.8. The predicted octanol–water partition coefficient (Wildman–Crippen LogP) is 2.77. The molecule has 1 aliphatic heterocycles. The molecule has 1 aliphatic rings. The SMILES string of the molecule is Cc1cc(OCC(=O)Cc2cc(N3CCOCC3)ncn2)cc(C)c1Cl. The minimum absolute atomic E-state index is 0.00258. The van der Waals surface area contributed by atoms with E-state index in [0.717, 1.165) is 35.1 Å². The van der Waals surface area contributed by atoms with Crippen molar-refractivity contribution in [3.05, 3.63) is 46.4 Å². The molecule has 2 aromatic rings. The predicted molar refractivity (Wildman–Crippen MR) is 100 cm³/mol. The van der Waals surface area contributed by atoms with Gasteiger partial charge in [0.15, 0.2) is 5.78 Å². The number of Topliss-reactive ketones (excluding diaryl/α,β-unsaturated/α-hetero) is 1. The Morgan fingerprint density at radius 2 is 1.88 bits per heavy atom. The van der Waals surface area contributed by atoms with Crippen molar-refractivity contribution in [2.75, 3.05) is 37.8 Å². The summed E-state index contributed by atoms with van der Waals surface area (Å²) in [4.78, 5) is 22.9. The second-order valence-electron chi connectivity index (χ2n) is 6.34. The van der Waals surface area contributed by atoms with Crippen molar-refractivity contribution in [2.24, 2.45) is 0 Å². The number of nitrogens with zero attached hydrogens (tertiary/aromatic N) is 3. The molecule has 0 aliphatic carbocycles. The van der Waals surface area contributed by atoms with Gasteiger partial charge in [0, 0.05) is 24.2 Å². The number of halogens is 1. The number of carbonyl (C=O) groups excluding carboxylic acids is 1. The summed E-state index contributed by atoms with van der Waals surface area (Å²) >= 11 is 6.15. The fourth-order valence-corrected chi connectivity index (χ4v) is 2.96. The number of benzene rings is 1. The molecular formula is C19H22ClN3O3. The molecule has 0 atom stereocenters. The highest BCUT2D eigenvalue weighted by Gasteiger charge is 2.14. The van der Waals surface area contributed by atoms with Crippen LogP contribution >= 0.6 is 11.6 Å². The van der Waals surface area contributed by atoms with Gasteiger partial charge in [0.2, 0.25) is 0 Å². The van der Waals surface area contributed by atoms with E-state index >= 15 is 0 Å². The summed E-state index contributed by atoms with van der Waals surface area (Å²) in [6.45, 7) is 6.79. The molecule has 2 heterocycles. The van der Waals surface area contributed by atoms with Crippen LogP contribution in [0.25, 0.3) is 0 Å². The molecule has 1 fully saturated rings. The number of hydrogen-bond donors (Lipinski definition) is 0. The molecule has 0 spiro atoms. The Hall–Kier alpha value is -2.18. The van der Waals surface area contributed by atoms with Gasteiger partial charge in [0.1, 0.15) is 24.5 Å². The lowest BCUT2D eigenvalue weighted by molar-refractivity contribution is -0.120. The first kappa shape index (κ1) is 18.6. The van der Waals surface area contributed by atoms with Gasteiger partial charge in [-0.25, -0.2) is 9.97 Å². The normalized spacial score (nSPS) is 14.3. The van der Waals surface area contributed by atoms with Gasteiger partial charge in [-0.2, -0.15) is 0 Å². The summed E-state index contributed by atoms with van der Waals surface area (Å²) in [6, 6.07) is 5.54. The average molecular weight is 376 g/mol. The third-order valence-corrected chi connectivity index (χ3v) is 4.83. The molecule has 26 heavy (non-hydrogen) atoms. The summed E-state index contributed by atoms with van der Waals surface area (Å²) in [5, 5.41) is 0.723. The third kappa shape index (κ3) is 4.71. The molecule has 1 aromatic carbocycles. The number of anilines is 1. The van der Waals surface area contributed by atoms with Crippen molar-refractivity contribution < 1.29 is 14.3 Å². The lowest BCUT2D eigenvalue weighted by Gasteiger charge is -2.27. The minimum Gasteiger partial charge on any atom is -0.486 e. The number of ketones is 1. The van der Waals surface area contributed by atoms with Gasteiger partial charge in [0.05, 0.1) is 25.3 Å². The minimum atomic E-state index is -0.0399. The van der Waals surface area contributed by atoms with Crippen LogP contribution in [0.15, 0.2) is 24.5 Å². The Morgan fingerprint density at radius 1 is 1.19 bits per heavy atom. The number of rotatable bonds is 6. The van der Waals surface area contributed by atoms with Crippen molar-refractivity contribution in [3.63, 3.8) is 0 Å². The van der Waals surface area contributed by atoms with Gasteiger partial charge >= 0.3 is 0 Å². The van der Waals surface area contributed by atoms with E-state index in [9.17, 15) is 4.79 Å². The van der Waals surface area contributed by atoms with Crippen LogP contribution in [0, 0.1) is 13.8 Å². The van der Waals surface area contributed by atoms with Crippen LogP contribution in [-0.4, -0.2) is 48.7 Å². The van der Waals surface area contributed by atoms with Gasteiger partial charge in [0.25, 0.3) is 0 Å². The van der Waals surface area contributed by atoms with Crippen LogP contribution in [0.4, 0.5) is 5.82 Å². The van der Waals surface area contributed by atoms with E-state index < -0.39 is 0 Å². The molecule has 0 amide bonds. The van der Waals surface area contributed by atoms with Crippen LogP contribution < -0.4 is 9.64 Å². The Kier molecular flexibility index (Phi) is 6.06. The highest BCUT2D eigenvalue weighted by Crippen LogP contribution is 2.25. The van der Waals surface area contributed by atoms with Crippen LogP contribution in [-0.2, 0) is 16.0 Å². The maximum Gasteiger partial charge on any atom is 0.176 e. The summed E-state index contributed by atoms with van der Waals surface area (Å²) in [5.41, 5.74) is 2.55. The Morgan fingerprint density at radius 3 is 2.58 bits per heavy atom. The summed E-state index contributed by atoms with van der Waals surface area (Å²) in [7, 11) is 0. The maximum atomic E-state index is 12.3. The van der Waals surface area contributed by atoms with E-state index in [4.69, 9.17) is 21.1 Å². The van der Waals surface area contributed by atoms with Crippen molar-refractivity contribution in [2.45, 2.75) is 20.3 Å². The summed E-state index contributed by atoms with van der Waals surface area (Å²) in [5.74, 6) is 1.44. The molecule has 3 rings (SSSR count). The zero-order chi connectivity index (χ0) is 18.5. The topological polar surface area (TPSA) is 64.5 Å². The molecule has 0 saturated carbocycles. The van der Waals surface area contributed by atoms with Gasteiger partial charge in [-0.15, -0.1) is 0 Å². The van der Waals surface area contributed by atoms with Gasteiger partial charge in [-0.3, -0.25) is 4.79 Å². The average Bonchev–Trinajstić information content (AvgIpc) is 2.65. The number of morpholine rings is 1. The third-order valence-electron chi connectivity index (χ3n) is 4.23. The van der Waals surface area contributed by atoms with Gasteiger partial charge in [-0.05, 0) is 37.1 Å². The molecule has 1 saturated heterocycles. The second-order valence-corrected chi connectivity index (χ2v) is 6.72. The van der Waals surface area contributed by atoms with E-state index in [1.165, 1.54) is 6.33 Å². The Bertz CT molecular complexity index is 768. The van der Waals surface area contributed by atoms with Crippen molar-refractivity contribution in [3.8, 4) is 5.75 Å². The van der Waals surface area contributed by atoms with Gasteiger partial charge < -0.3 is 14.4 Å². The molecular weight excluding hydrogens is 354 g/mol. The van der Waals surface area contributed by atoms with Crippen LogP contribution in [0.2, 0.25) is 5.02 Å². The standard InChI is InChI=1S/C19H22ClN3O3/c1-13-7-17(8-14(2)19(13)20)26-11-16(24)9-15-10-18(22-12-21-15)23-3-5-25-6-4-23/h7-8,10,12H,3-6,9,11H2,1-2H3. The summed E-state index contributed by atoms with van der Waals surface area (Å²) in [6.07, 6.45) is 1.71. The molecule has 1 aromatic heterocycles. The molecule has 6 nitrogen and oxygen atoms in total. The van der Waals surface area contributed by atoms with Gasteiger partial charge in [-0.1, -0.05) is 11.6 Å². The second kappa shape index (κ2) is 8.47. The first-order chi connectivity index (χ1) is 12.5. The first-order valence-electron chi connectivity index (χ1n) is 8.58. The van der Waals surface area contributed by atoms with Crippen LogP contribution in [0.1, 0.15) is 16.8 Å². The van der Waals surface area contributed by atoms with E-state index in [1.807, 2.05) is 32.0 Å². The number of aromatic nitrogens is 2. The number of hydrogen-bond acceptors (Lipinski definition) is 6. The monoisotopic (exact) mass is 375 g/mol. The first-order valence-corrected chi connectivity index (χ1v) is 8.95. The largest absolute Gasteiger partial charge is 0.486 e.